The highest BCUT2D eigenvalue weighted by Gasteiger charge is 2.32. The molecule has 2 heterocycles. The molecular formula is C19H24N2O5. The average molecular weight is 360 g/mol. The monoisotopic (exact) mass is 360 g/mol. The number of hydrogen-bond acceptors (Lipinski definition) is 5. The van der Waals surface area contributed by atoms with Gasteiger partial charge in [-0.25, -0.2) is 9.59 Å². The molecule has 2 aliphatic rings. The van der Waals surface area contributed by atoms with Gasteiger partial charge in [-0.05, 0) is 44.4 Å². The number of amides is 2. The summed E-state index contributed by atoms with van der Waals surface area (Å²) in [7, 11) is 0. The van der Waals surface area contributed by atoms with Gasteiger partial charge in [-0.3, -0.25) is 0 Å². The van der Waals surface area contributed by atoms with E-state index in [4.69, 9.17) is 14.2 Å². The fourth-order valence-corrected chi connectivity index (χ4v) is 3.16. The molecule has 3 rings (SSSR count). The first-order valence-corrected chi connectivity index (χ1v) is 8.88. The number of urea groups is 1. The van der Waals surface area contributed by atoms with Crippen molar-refractivity contribution in [3.8, 4) is 5.75 Å². The molecule has 1 aromatic rings. The number of allylic oxidation sites excluding steroid dienone is 1. The number of hydrogen-bond donors (Lipinski definition) is 2. The van der Waals surface area contributed by atoms with Crippen LogP contribution in [0.2, 0.25) is 0 Å². The molecule has 2 amide bonds. The van der Waals surface area contributed by atoms with Crippen molar-refractivity contribution in [1.29, 1.82) is 0 Å². The first-order chi connectivity index (χ1) is 12.6. The zero-order chi connectivity index (χ0) is 18.5. The average Bonchev–Trinajstić information content (AvgIpc) is 3.13. The Morgan fingerprint density at radius 3 is 2.73 bits per heavy atom. The van der Waals surface area contributed by atoms with Crippen LogP contribution < -0.4 is 15.4 Å². The van der Waals surface area contributed by atoms with Crippen LogP contribution in [0.5, 0.6) is 5.75 Å². The van der Waals surface area contributed by atoms with Crippen LogP contribution in [0.1, 0.15) is 38.3 Å². The molecule has 7 nitrogen and oxygen atoms in total. The summed E-state index contributed by atoms with van der Waals surface area (Å²) >= 11 is 0. The van der Waals surface area contributed by atoms with Crippen molar-refractivity contribution in [2.75, 3.05) is 19.8 Å². The molecule has 0 aromatic heterocycles. The molecular weight excluding hydrogens is 336 g/mol. The molecule has 1 saturated heterocycles. The van der Waals surface area contributed by atoms with E-state index < -0.39 is 12.0 Å². The zero-order valence-electron chi connectivity index (χ0n) is 15.0. The lowest BCUT2D eigenvalue weighted by Crippen LogP contribution is -2.45. The molecule has 0 spiro atoms. The Labute approximate surface area is 152 Å². The van der Waals surface area contributed by atoms with Crippen LogP contribution in [0, 0.1) is 0 Å². The molecule has 0 aliphatic carbocycles. The van der Waals surface area contributed by atoms with Crippen molar-refractivity contribution in [2.45, 2.75) is 38.8 Å². The maximum atomic E-state index is 12.7. The summed E-state index contributed by atoms with van der Waals surface area (Å²) in [6.45, 7) is 5.11. The van der Waals surface area contributed by atoms with Gasteiger partial charge in [0, 0.05) is 12.3 Å². The summed E-state index contributed by atoms with van der Waals surface area (Å²) < 4.78 is 16.4. The van der Waals surface area contributed by atoms with Gasteiger partial charge in [0.15, 0.2) is 0 Å². The van der Waals surface area contributed by atoms with Gasteiger partial charge in [0.2, 0.25) is 0 Å². The van der Waals surface area contributed by atoms with Gasteiger partial charge in [0.05, 0.1) is 24.3 Å². The van der Waals surface area contributed by atoms with Crippen molar-refractivity contribution in [2.24, 2.45) is 0 Å². The molecule has 0 saturated carbocycles. The van der Waals surface area contributed by atoms with Gasteiger partial charge in [-0.15, -0.1) is 0 Å². The predicted octanol–water partition coefficient (Wildman–Crippen LogP) is 2.44. The van der Waals surface area contributed by atoms with E-state index in [-0.39, 0.29) is 18.7 Å². The van der Waals surface area contributed by atoms with E-state index in [0.717, 1.165) is 24.2 Å². The second-order valence-electron chi connectivity index (χ2n) is 6.31. The molecule has 0 radical (unpaired) electrons. The largest absolute Gasteiger partial charge is 0.494 e. The van der Waals surface area contributed by atoms with Crippen molar-refractivity contribution < 1.29 is 23.8 Å². The highest BCUT2D eigenvalue weighted by Crippen LogP contribution is 2.29. The molecule has 26 heavy (non-hydrogen) atoms. The van der Waals surface area contributed by atoms with Gasteiger partial charge in [0.1, 0.15) is 12.4 Å². The Hall–Kier alpha value is -2.54. The highest BCUT2D eigenvalue weighted by atomic mass is 16.6. The molecule has 7 heteroatoms. The molecule has 1 aromatic carbocycles. The van der Waals surface area contributed by atoms with Gasteiger partial charge < -0.3 is 24.8 Å². The smallest absolute Gasteiger partial charge is 0.338 e. The Morgan fingerprint density at radius 1 is 1.31 bits per heavy atom. The maximum Gasteiger partial charge on any atom is 0.338 e. The molecule has 0 unspecified atom stereocenters. The summed E-state index contributed by atoms with van der Waals surface area (Å²) in [5.41, 5.74) is 1.67. The van der Waals surface area contributed by atoms with Crippen molar-refractivity contribution in [3.05, 3.63) is 41.1 Å². The summed E-state index contributed by atoms with van der Waals surface area (Å²) in [5.74, 6) is 0.282. The topological polar surface area (TPSA) is 85.9 Å². The van der Waals surface area contributed by atoms with Crippen LogP contribution in [-0.4, -0.2) is 37.9 Å². The standard InChI is InChI=1S/C19H24N2O5/c1-3-24-14-8-6-13(7-9-14)17-16(12(2)20-19(23)21-17)18(22)26-11-15-5-4-10-25-15/h6-9,15,17H,3-5,10-11H2,1-2H3,(H2,20,21,23)/t15-,17+/m0/s1. The number of carbonyl (C=O) groups excluding carboxylic acids is 2. The fourth-order valence-electron chi connectivity index (χ4n) is 3.16. The number of esters is 1. The molecule has 2 aliphatic heterocycles. The molecule has 140 valence electrons. The third-order valence-corrected chi connectivity index (χ3v) is 4.44. The minimum absolute atomic E-state index is 0.0464. The molecule has 0 bridgehead atoms. The number of nitrogens with one attached hydrogen (secondary N) is 2. The van der Waals surface area contributed by atoms with Gasteiger partial charge >= 0.3 is 12.0 Å². The number of rotatable bonds is 6. The van der Waals surface area contributed by atoms with Crippen molar-refractivity contribution in [3.63, 3.8) is 0 Å². The van der Waals surface area contributed by atoms with Gasteiger partial charge in [-0.2, -0.15) is 0 Å². The van der Waals surface area contributed by atoms with E-state index in [1.807, 2.05) is 31.2 Å². The quantitative estimate of drug-likeness (QED) is 0.761. The Kier molecular flexibility index (Phi) is 5.78. The van der Waals surface area contributed by atoms with E-state index in [2.05, 4.69) is 10.6 Å². The lowest BCUT2D eigenvalue weighted by atomic mass is 9.95. The van der Waals surface area contributed by atoms with E-state index in [1.54, 1.807) is 6.92 Å². The summed E-state index contributed by atoms with van der Waals surface area (Å²) in [5, 5.41) is 5.44. The number of benzene rings is 1. The predicted molar refractivity (Wildman–Crippen MR) is 94.7 cm³/mol. The Morgan fingerprint density at radius 2 is 2.08 bits per heavy atom. The van der Waals surface area contributed by atoms with Crippen LogP contribution in [0.4, 0.5) is 4.79 Å². The second-order valence-corrected chi connectivity index (χ2v) is 6.31. The van der Waals surface area contributed by atoms with Crippen molar-refractivity contribution >= 4 is 12.0 Å². The fraction of sp³-hybridized carbons (Fsp3) is 0.474. The molecule has 2 N–H and O–H groups in total. The minimum Gasteiger partial charge on any atom is -0.494 e. The van der Waals surface area contributed by atoms with Crippen LogP contribution in [0.3, 0.4) is 0 Å². The maximum absolute atomic E-state index is 12.7. The van der Waals surface area contributed by atoms with Crippen LogP contribution in [0.25, 0.3) is 0 Å². The summed E-state index contributed by atoms with van der Waals surface area (Å²) in [4.78, 5) is 24.6. The van der Waals surface area contributed by atoms with E-state index in [9.17, 15) is 9.59 Å². The lowest BCUT2D eigenvalue weighted by molar-refractivity contribution is -0.142. The number of ether oxygens (including phenoxy) is 3. The first-order valence-electron chi connectivity index (χ1n) is 8.88. The lowest BCUT2D eigenvalue weighted by Gasteiger charge is -2.28. The third-order valence-electron chi connectivity index (χ3n) is 4.44. The van der Waals surface area contributed by atoms with E-state index >= 15 is 0 Å². The normalized spacial score (nSPS) is 22.6. The van der Waals surface area contributed by atoms with Crippen LogP contribution >= 0.6 is 0 Å². The summed E-state index contributed by atoms with van der Waals surface area (Å²) in [6, 6.07) is 6.38. The van der Waals surface area contributed by atoms with E-state index in [1.165, 1.54) is 0 Å². The Bertz CT molecular complexity index is 692. The molecule has 2 atom stereocenters. The van der Waals surface area contributed by atoms with E-state index in [0.29, 0.717) is 24.5 Å². The SMILES string of the molecule is CCOc1ccc([C@H]2NC(=O)NC(C)=C2C(=O)OC[C@@H]2CCCO2)cc1. The highest BCUT2D eigenvalue weighted by molar-refractivity contribution is 5.95. The van der Waals surface area contributed by atoms with Crippen LogP contribution in [-0.2, 0) is 14.3 Å². The third kappa shape index (κ3) is 4.16. The van der Waals surface area contributed by atoms with Gasteiger partial charge in [-0.1, -0.05) is 12.1 Å². The summed E-state index contributed by atoms with van der Waals surface area (Å²) in [6.07, 6.45) is 1.83. The van der Waals surface area contributed by atoms with Crippen molar-refractivity contribution in [1.82, 2.24) is 10.6 Å². The first kappa shape index (κ1) is 18.3. The number of carbonyl (C=O) groups is 2. The minimum atomic E-state index is -0.573. The second kappa shape index (κ2) is 8.23. The van der Waals surface area contributed by atoms with Crippen LogP contribution in [0.15, 0.2) is 35.5 Å². The zero-order valence-corrected chi connectivity index (χ0v) is 15.0. The van der Waals surface area contributed by atoms with Gasteiger partial charge in [0.25, 0.3) is 0 Å². The Balaban J connectivity index is 1.78. The molecule has 1 fully saturated rings.